The standard InChI is InChI=1S/C13H19FN2.ClH/c1-16(13(10-15)6-3-7-13)9-11-4-2-5-12(14)8-11;/h2,4-5,8H,3,6-7,9-10,15H2,1H3;1H. The molecule has 1 aromatic carbocycles. The summed E-state index contributed by atoms with van der Waals surface area (Å²) in [5.41, 5.74) is 7.01. The number of nitrogens with zero attached hydrogens (tertiary/aromatic N) is 1. The minimum absolute atomic E-state index is 0. The van der Waals surface area contributed by atoms with E-state index >= 15 is 0 Å². The summed E-state index contributed by atoms with van der Waals surface area (Å²) in [5, 5.41) is 0. The SMILES string of the molecule is CN(Cc1cccc(F)c1)C1(CN)CCC1.Cl. The molecule has 0 amide bonds. The van der Waals surface area contributed by atoms with Gasteiger partial charge in [0.1, 0.15) is 5.82 Å². The summed E-state index contributed by atoms with van der Waals surface area (Å²) in [4.78, 5) is 2.27. The first-order valence-corrected chi connectivity index (χ1v) is 5.82. The van der Waals surface area contributed by atoms with Gasteiger partial charge in [-0.15, -0.1) is 12.4 Å². The average Bonchev–Trinajstić information content (AvgIpc) is 2.16. The summed E-state index contributed by atoms with van der Waals surface area (Å²) in [6.45, 7) is 1.47. The predicted octanol–water partition coefficient (Wildman–Crippen LogP) is 2.56. The lowest BCUT2D eigenvalue weighted by Gasteiger charge is -2.48. The zero-order valence-corrected chi connectivity index (χ0v) is 11.0. The molecule has 0 saturated heterocycles. The van der Waals surface area contributed by atoms with Crippen LogP contribution in [0.25, 0.3) is 0 Å². The molecule has 1 saturated carbocycles. The van der Waals surface area contributed by atoms with E-state index in [1.165, 1.54) is 12.5 Å². The van der Waals surface area contributed by atoms with Gasteiger partial charge in [0.2, 0.25) is 0 Å². The monoisotopic (exact) mass is 258 g/mol. The molecule has 1 aliphatic rings. The molecule has 1 fully saturated rings. The molecular weight excluding hydrogens is 239 g/mol. The highest BCUT2D eigenvalue weighted by atomic mass is 35.5. The quantitative estimate of drug-likeness (QED) is 0.900. The minimum atomic E-state index is -0.165. The van der Waals surface area contributed by atoms with Crippen LogP contribution in [0.15, 0.2) is 24.3 Å². The normalized spacial score (nSPS) is 17.4. The molecule has 4 heteroatoms. The third-order valence-corrected chi connectivity index (χ3v) is 3.78. The second kappa shape index (κ2) is 5.80. The van der Waals surface area contributed by atoms with Crippen LogP contribution in [0.5, 0.6) is 0 Å². The summed E-state index contributed by atoms with van der Waals surface area (Å²) in [6.07, 6.45) is 3.58. The molecule has 0 aromatic heterocycles. The van der Waals surface area contributed by atoms with Crippen LogP contribution in [-0.4, -0.2) is 24.0 Å². The first-order chi connectivity index (χ1) is 7.66. The highest BCUT2D eigenvalue weighted by Crippen LogP contribution is 2.36. The van der Waals surface area contributed by atoms with Gasteiger partial charge in [-0.05, 0) is 44.0 Å². The molecule has 0 aliphatic heterocycles. The number of hydrogen-bond donors (Lipinski definition) is 1. The molecule has 2 N–H and O–H groups in total. The molecule has 0 unspecified atom stereocenters. The van der Waals surface area contributed by atoms with Crippen molar-refractivity contribution >= 4 is 12.4 Å². The predicted molar refractivity (Wildman–Crippen MR) is 70.8 cm³/mol. The van der Waals surface area contributed by atoms with Gasteiger partial charge in [-0.3, -0.25) is 4.90 Å². The van der Waals surface area contributed by atoms with Gasteiger partial charge in [-0.2, -0.15) is 0 Å². The zero-order valence-electron chi connectivity index (χ0n) is 10.2. The first-order valence-electron chi connectivity index (χ1n) is 5.82. The summed E-state index contributed by atoms with van der Waals surface area (Å²) in [6, 6.07) is 6.79. The van der Waals surface area contributed by atoms with Crippen LogP contribution in [0.2, 0.25) is 0 Å². The maximum Gasteiger partial charge on any atom is 0.123 e. The topological polar surface area (TPSA) is 29.3 Å². The van der Waals surface area contributed by atoms with Gasteiger partial charge < -0.3 is 5.73 Å². The number of likely N-dealkylation sites (N-methyl/N-ethyl adjacent to an activating group) is 1. The number of hydrogen-bond acceptors (Lipinski definition) is 2. The molecule has 0 atom stereocenters. The van der Waals surface area contributed by atoms with Crippen molar-refractivity contribution in [1.29, 1.82) is 0 Å². The lowest BCUT2D eigenvalue weighted by Crippen LogP contribution is -2.56. The van der Waals surface area contributed by atoms with Gasteiger partial charge in [0.15, 0.2) is 0 Å². The van der Waals surface area contributed by atoms with Gasteiger partial charge in [0.25, 0.3) is 0 Å². The molecule has 2 rings (SSSR count). The Hall–Kier alpha value is -0.640. The van der Waals surface area contributed by atoms with E-state index in [9.17, 15) is 4.39 Å². The van der Waals surface area contributed by atoms with Crippen LogP contribution in [0.4, 0.5) is 4.39 Å². The van der Waals surface area contributed by atoms with Crippen molar-refractivity contribution in [3.05, 3.63) is 35.6 Å². The van der Waals surface area contributed by atoms with Crippen molar-refractivity contribution in [2.45, 2.75) is 31.3 Å². The highest BCUT2D eigenvalue weighted by molar-refractivity contribution is 5.85. The molecule has 1 aliphatic carbocycles. The Morgan fingerprint density at radius 1 is 1.41 bits per heavy atom. The Morgan fingerprint density at radius 2 is 2.12 bits per heavy atom. The van der Waals surface area contributed by atoms with Crippen molar-refractivity contribution < 1.29 is 4.39 Å². The summed E-state index contributed by atoms with van der Waals surface area (Å²) >= 11 is 0. The van der Waals surface area contributed by atoms with E-state index in [2.05, 4.69) is 11.9 Å². The lowest BCUT2D eigenvalue weighted by molar-refractivity contribution is 0.0398. The van der Waals surface area contributed by atoms with E-state index in [1.54, 1.807) is 12.1 Å². The smallest absolute Gasteiger partial charge is 0.123 e. The second-order valence-electron chi connectivity index (χ2n) is 4.77. The summed E-state index contributed by atoms with van der Waals surface area (Å²) in [5.74, 6) is -0.165. The lowest BCUT2D eigenvalue weighted by atomic mass is 9.75. The molecular formula is C13H20ClFN2. The number of benzene rings is 1. The highest BCUT2D eigenvalue weighted by Gasteiger charge is 2.39. The van der Waals surface area contributed by atoms with E-state index in [4.69, 9.17) is 5.73 Å². The maximum absolute atomic E-state index is 13.0. The van der Waals surface area contributed by atoms with Crippen LogP contribution >= 0.6 is 12.4 Å². The third-order valence-electron chi connectivity index (χ3n) is 3.78. The Kier molecular flexibility index (Phi) is 4.92. The van der Waals surface area contributed by atoms with E-state index in [1.807, 2.05) is 6.07 Å². The second-order valence-corrected chi connectivity index (χ2v) is 4.77. The van der Waals surface area contributed by atoms with Gasteiger partial charge in [0, 0.05) is 18.6 Å². The van der Waals surface area contributed by atoms with Crippen LogP contribution < -0.4 is 5.73 Å². The fourth-order valence-corrected chi connectivity index (χ4v) is 2.40. The van der Waals surface area contributed by atoms with E-state index in [-0.39, 0.29) is 23.8 Å². The molecule has 17 heavy (non-hydrogen) atoms. The minimum Gasteiger partial charge on any atom is -0.329 e. The molecule has 0 spiro atoms. The Morgan fingerprint density at radius 3 is 2.59 bits per heavy atom. The van der Waals surface area contributed by atoms with Crippen LogP contribution in [-0.2, 0) is 6.54 Å². The van der Waals surface area contributed by atoms with Crippen LogP contribution in [0.3, 0.4) is 0 Å². The average molecular weight is 259 g/mol. The molecule has 96 valence electrons. The molecule has 0 bridgehead atoms. The Balaban J connectivity index is 0.00000144. The van der Waals surface area contributed by atoms with E-state index < -0.39 is 0 Å². The summed E-state index contributed by atoms with van der Waals surface area (Å²) < 4.78 is 13.0. The maximum atomic E-state index is 13.0. The fraction of sp³-hybridized carbons (Fsp3) is 0.538. The summed E-state index contributed by atoms with van der Waals surface area (Å²) in [7, 11) is 2.08. The number of rotatable bonds is 4. The molecule has 2 nitrogen and oxygen atoms in total. The zero-order chi connectivity index (χ0) is 11.6. The van der Waals surface area contributed by atoms with Crippen molar-refractivity contribution in [1.82, 2.24) is 4.90 Å². The number of nitrogens with two attached hydrogens (primary N) is 1. The molecule has 0 heterocycles. The third kappa shape index (κ3) is 2.97. The van der Waals surface area contributed by atoms with Crippen molar-refractivity contribution in [2.24, 2.45) is 5.73 Å². The van der Waals surface area contributed by atoms with Crippen LogP contribution in [0, 0.1) is 5.82 Å². The van der Waals surface area contributed by atoms with Crippen molar-refractivity contribution in [3.63, 3.8) is 0 Å². The van der Waals surface area contributed by atoms with E-state index in [0.717, 1.165) is 24.9 Å². The Bertz CT molecular complexity index is 361. The van der Waals surface area contributed by atoms with Crippen LogP contribution in [0.1, 0.15) is 24.8 Å². The number of halogens is 2. The van der Waals surface area contributed by atoms with Crippen molar-refractivity contribution in [2.75, 3.05) is 13.6 Å². The van der Waals surface area contributed by atoms with Crippen molar-refractivity contribution in [3.8, 4) is 0 Å². The van der Waals surface area contributed by atoms with Gasteiger partial charge in [0.05, 0.1) is 0 Å². The van der Waals surface area contributed by atoms with Gasteiger partial charge in [-0.25, -0.2) is 4.39 Å². The largest absolute Gasteiger partial charge is 0.329 e. The van der Waals surface area contributed by atoms with E-state index in [0.29, 0.717) is 6.54 Å². The Labute approximate surface area is 108 Å². The first kappa shape index (κ1) is 14.4. The molecule has 1 aromatic rings. The van der Waals surface area contributed by atoms with Gasteiger partial charge in [-0.1, -0.05) is 12.1 Å². The van der Waals surface area contributed by atoms with Gasteiger partial charge >= 0.3 is 0 Å². The fourth-order valence-electron chi connectivity index (χ4n) is 2.40. The molecule has 0 radical (unpaired) electrons.